The number of para-hydroxylation sites is 1. The molecule has 2 aromatic carbocycles. The summed E-state index contributed by atoms with van der Waals surface area (Å²) < 4.78 is 5.96. The Morgan fingerprint density at radius 2 is 1.90 bits per heavy atom. The number of hydrogen-bond donors (Lipinski definition) is 0. The summed E-state index contributed by atoms with van der Waals surface area (Å²) in [7, 11) is 0. The molecule has 0 atom stereocenters. The van der Waals surface area contributed by atoms with Crippen LogP contribution in [0.5, 0.6) is 5.75 Å². The third-order valence-corrected chi connectivity index (χ3v) is 5.35. The predicted octanol–water partition coefficient (Wildman–Crippen LogP) is 5.42. The van der Waals surface area contributed by atoms with E-state index in [9.17, 15) is 4.79 Å². The lowest BCUT2D eigenvalue weighted by molar-refractivity contribution is 0.102. The Morgan fingerprint density at radius 3 is 2.80 bits per heavy atom. The van der Waals surface area contributed by atoms with Gasteiger partial charge in [-0.1, -0.05) is 36.4 Å². The summed E-state index contributed by atoms with van der Waals surface area (Å²) in [6.07, 6.45) is 7.02. The molecule has 0 N–H and O–H groups in total. The van der Waals surface area contributed by atoms with Gasteiger partial charge in [-0.3, -0.25) is 9.78 Å². The van der Waals surface area contributed by atoms with E-state index in [0.717, 1.165) is 51.7 Å². The number of benzene rings is 2. The number of aryl methyl sites for hydroxylation is 1. The minimum atomic E-state index is 0.0642. The molecule has 0 spiro atoms. The van der Waals surface area contributed by atoms with Crippen molar-refractivity contribution in [2.24, 2.45) is 0 Å². The van der Waals surface area contributed by atoms with Crippen molar-refractivity contribution < 1.29 is 9.53 Å². The van der Waals surface area contributed by atoms with Crippen LogP contribution in [-0.4, -0.2) is 15.8 Å². The van der Waals surface area contributed by atoms with E-state index in [2.05, 4.69) is 9.97 Å². The zero-order valence-corrected chi connectivity index (χ0v) is 16.4. The summed E-state index contributed by atoms with van der Waals surface area (Å²) in [6.45, 7) is 0.357. The van der Waals surface area contributed by atoms with E-state index in [1.165, 1.54) is 0 Å². The number of fused-ring (bicyclic) bond motifs is 2. The van der Waals surface area contributed by atoms with Gasteiger partial charge in [0, 0.05) is 28.9 Å². The van der Waals surface area contributed by atoms with Crippen LogP contribution in [0.25, 0.3) is 17.0 Å². The highest BCUT2D eigenvalue weighted by Crippen LogP contribution is 2.29. The molecule has 0 aliphatic heterocycles. The molecule has 0 radical (unpaired) electrons. The lowest BCUT2D eigenvalue weighted by Gasteiger charge is -2.18. The third kappa shape index (κ3) is 3.72. The SMILES string of the molecule is O=C1C(=Cc2cccnc2)CCc2ccc(OCc3ccc4ccccc4n3)cc21. The Kier molecular flexibility index (Phi) is 4.81. The van der Waals surface area contributed by atoms with Crippen LogP contribution in [0, 0.1) is 0 Å². The molecule has 0 amide bonds. The number of rotatable bonds is 4. The molecule has 1 aliphatic carbocycles. The quantitative estimate of drug-likeness (QED) is 0.435. The number of carbonyl (C=O) groups excluding carboxylic acids is 1. The van der Waals surface area contributed by atoms with Gasteiger partial charge in [-0.2, -0.15) is 0 Å². The highest BCUT2D eigenvalue weighted by atomic mass is 16.5. The van der Waals surface area contributed by atoms with Gasteiger partial charge in [0.15, 0.2) is 5.78 Å². The van der Waals surface area contributed by atoms with Crippen LogP contribution in [0.15, 0.2) is 84.7 Å². The Hall–Kier alpha value is -3.79. The lowest BCUT2D eigenvalue weighted by Crippen LogP contribution is -2.14. The van der Waals surface area contributed by atoms with Crippen molar-refractivity contribution in [1.29, 1.82) is 0 Å². The maximum atomic E-state index is 13.0. The van der Waals surface area contributed by atoms with Gasteiger partial charge in [0.2, 0.25) is 0 Å². The highest BCUT2D eigenvalue weighted by molar-refractivity contribution is 6.13. The average molecular weight is 392 g/mol. The number of pyridine rings is 2. The molecule has 2 aromatic heterocycles. The zero-order chi connectivity index (χ0) is 20.3. The first-order chi connectivity index (χ1) is 14.8. The van der Waals surface area contributed by atoms with Crippen molar-refractivity contribution in [2.75, 3.05) is 0 Å². The maximum absolute atomic E-state index is 13.0. The summed E-state index contributed by atoms with van der Waals surface area (Å²) in [4.78, 5) is 21.8. The largest absolute Gasteiger partial charge is 0.487 e. The molecule has 0 fully saturated rings. The predicted molar refractivity (Wildman–Crippen MR) is 117 cm³/mol. The van der Waals surface area contributed by atoms with Crippen molar-refractivity contribution >= 4 is 22.8 Å². The second-order valence-electron chi connectivity index (χ2n) is 7.39. The molecule has 4 nitrogen and oxygen atoms in total. The molecule has 0 bridgehead atoms. The smallest absolute Gasteiger partial charge is 0.189 e. The van der Waals surface area contributed by atoms with E-state index in [4.69, 9.17) is 4.74 Å². The molecule has 30 heavy (non-hydrogen) atoms. The summed E-state index contributed by atoms with van der Waals surface area (Å²) in [5.74, 6) is 0.745. The molecule has 0 saturated heterocycles. The molecule has 0 unspecified atom stereocenters. The van der Waals surface area contributed by atoms with Gasteiger partial charge < -0.3 is 4.74 Å². The molecule has 4 heteroatoms. The average Bonchev–Trinajstić information content (AvgIpc) is 2.80. The van der Waals surface area contributed by atoms with E-state index in [-0.39, 0.29) is 5.78 Å². The van der Waals surface area contributed by atoms with Crippen molar-refractivity contribution in [3.05, 3.63) is 107 Å². The number of carbonyl (C=O) groups is 1. The number of Topliss-reactive ketones (excluding diaryl/α,β-unsaturated/α-hetero) is 1. The van der Waals surface area contributed by atoms with Gasteiger partial charge in [0.25, 0.3) is 0 Å². The first-order valence-electron chi connectivity index (χ1n) is 10.0. The van der Waals surface area contributed by atoms with Crippen molar-refractivity contribution in [2.45, 2.75) is 19.4 Å². The van der Waals surface area contributed by atoms with Crippen molar-refractivity contribution in [1.82, 2.24) is 9.97 Å². The summed E-state index contributed by atoms with van der Waals surface area (Å²) in [5, 5.41) is 1.11. The molecule has 1 aliphatic rings. The van der Waals surface area contributed by atoms with Crippen molar-refractivity contribution in [3.8, 4) is 5.75 Å². The molecule has 4 aromatic rings. The first-order valence-corrected chi connectivity index (χ1v) is 10.0. The van der Waals surface area contributed by atoms with Gasteiger partial charge >= 0.3 is 0 Å². The summed E-state index contributed by atoms with van der Waals surface area (Å²) in [5.41, 5.74) is 5.35. The Labute approximate surface area is 174 Å². The minimum absolute atomic E-state index is 0.0642. The molecular formula is C26H20N2O2. The summed E-state index contributed by atoms with van der Waals surface area (Å²) >= 11 is 0. The number of allylic oxidation sites excluding steroid dienone is 1. The molecular weight excluding hydrogens is 372 g/mol. The van der Waals surface area contributed by atoms with Crippen LogP contribution in [0.1, 0.15) is 33.6 Å². The number of nitrogens with zero attached hydrogens (tertiary/aromatic N) is 2. The van der Waals surface area contributed by atoms with Crippen LogP contribution in [0.2, 0.25) is 0 Å². The monoisotopic (exact) mass is 392 g/mol. The standard InChI is InChI=1S/C26H20N2O2/c29-26-21(14-18-4-3-13-27-16-18)8-7-19-10-12-23(15-24(19)26)30-17-22-11-9-20-5-1-2-6-25(20)28-22/h1-6,9-16H,7-8,17H2. The van der Waals surface area contributed by atoms with Crippen LogP contribution >= 0.6 is 0 Å². The topological polar surface area (TPSA) is 52.1 Å². The Morgan fingerprint density at radius 1 is 0.967 bits per heavy atom. The van der Waals surface area contributed by atoms with Crippen LogP contribution in [-0.2, 0) is 13.0 Å². The highest BCUT2D eigenvalue weighted by Gasteiger charge is 2.22. The normalized spacial score (nSPS) is 14.7. The van der Waals surface area contributed by atoms with Gasteiger partial charge in [-0.25, -0.2) is 4.98 Å². The van der Waals surface area contributed by atoms with E-state index in [0.29, 0.717) is 12.4 Å². The fraction of sp³-hybridized carbons (Fsp3) is 0.115. The van der Waals surface area contributed by atoms with Gasteiger partial charge in [-0.15, -0.1) is 0 Å². The minimum Gasteiger partial charge on any atom is -0.487 e. The van der Waals surface area contributed by atoms with E-state index < -0.39 is 0 Å². The zero-order valence-electron chi connectivity index (χ0n) is 16.4. The molecule has 5 rings (SSSR count). The summed E-state index contributed by atoms with van der Waals surface area (Å²) in [6, 6.07) is 21.7. The number of aromatic nitrogens is 2. The number of ketones is 1. The first kappa shape index (κ1) is 18.3. The molecule has 2 heterocycles. The Bertz CT molecular complexity index is 1260. The third-order valence-electron chi connectivity index (χ3n) is 5.35. The van der Waals surface area contributed by atoms with Gasteiger partial charge in [0.1, 0.15) is 12.4 Å². The fourth-order valence-electron chi connectivity index (χ4n) is 3.78. The number of ether oxygens (including phenoxy) is 1. The second kappa shape index (κ2) is 7.91. The van der Waals surface area contributed by atoms with E-state index in [1.54, 1.807) is 12.4 Å². The van der Waals surface area contributed by atoms with E-state index >= 15 is 0 Å². The van der Waals surface area contributed by atoms with Gasteiger partial charge in [-0.05, 0) is 60.4 Å². The fourth-order valence-corrected chi connectivity index (χ4v) is 3.78. The Balaban J connectivity index is 1.36. The molecule has 0 saturated carbocycles. The van der Waals surface area contributed by atoms with Crippen LogP contribution in [0.4, 0.5) is 0 Å². The van der Waals surface area contributed by atoms with Crippen LogP contribution < -0.4 is 4.74 Å². The van der Waals surface area contributed by atoms with Gasteiger partial charge in [0.05, 0.1) is 11.2 Å². The van der Waals surface area contributed by atoms with Crippen molar-refractivity contribution in [3.63, 3.8) is 0 Å². The second-order valence-corrected chi connectivity index (χ2v) is 7.39. The molecule has 146 valence electrons. The lowest BCUT2D eigenvalue weighted by atomic mass is 9.86. The number of hydrogen-bond acceptors (Lipinski definition) is 4. The van der Waals surface area contributed by atoms with Crippen LogP contribution in [0.3, 0.4) is 0 Å². The van der Waals surface area contributed by atoms with E-state index in [1.807, 2.05) is 72.8 Å². The maximum Gasteiger partial charge on any atom is 0.189 e.